The molecule has 1 aliphatic rings. The van der Waals surface area contributed by atoms with Gasteiger partial charge in [-0.3, -0.25) is 9.48 Å². The maximum atomic E-state index is 16.0. The molecule has 2 heterocycles. The summed E-state index contributed by atoms with van der Waals surface area (Å²) in [6.07, 6.45) is 1.55. The second kappa shape index (κ2) is 13.9. The molecule has 45 heavy (non-hydrogen) atoms. The SMILES string of the molecule is COc1ccc(C(=O)Nc2ccc3c(c2)[C@H](OC)[C@@H](C)[C@H](C(CCn2cc(C(CO)c4ccccc4)nn2)[Si](C)(C)F)O3)cc1. The van der Waals surface area contributed by atoms with Crippen LogP contribution in [0.3, 0.4) is 0 Å². The van der Waals surface area contributed by atoms with Crippen molar-refractivity contribution in [2.45, 2.75) is 56.7 Å². The van der Waals surface area contributed by atoms with Gasteiger partial charge in [-0.25, -0.2) is 0 Å². The summed E-state index contributed by atoms with van der Waals surface area (Å²) in [6.45, 7) is 5.82. The summed E-state index contributed by atoms with van der Waals surface area (Å²) in [6, 6.07) is 22.1. The lowest BCUT2D eigenvalue weighted by atomic mass is 9.86. The number of hydrogen-bond acceptors (Lipinski definition) is 7. The third-order valence-electron chi connectivity index (χ3n) is 8.68. The highest BCUT2D eigenvalue weighted by atomic mass is 28.4. The van der Waals surface area contributed by atoms with E-state index >= 15 is 4.11 Å². The van der Waals surface area contributed by atoms with Crippen molar-refractivity contribution in [1.29, 1.82) is 0 Å². The quantitative estimate of drug-likeness (QED) is 0.138. The largest absolute Gasteiger partial charge is 0.497 e. The molecule has 1 aliphatic heterocycles. The summed E-state index contributed by atoms with van der Waals surface area (Å²) >= 11 is 0. The van der Waals surface area contributed by atoms with Crippen LogP contribution in [0.1, 0.15) is 52.5 Å². The molecule has 0 spiro atoms. The van der Waals surface area contributed by atoms with Crippen molar-refractivity contribution in [3.63, 3.8) is 0 Å². The van der Waals surface area contributed by atoms with Gasteiger partial charge in [0.05, 0.1) is 31.4 Å². The first-order valence-electron chi connectivity index (χ1n) is 15.2. The number of nitrogens with one attached hydrogen (secondary N) is 1. The Morgan fingerprint density at radius 2 is 1.84 bits per heavy atom. The molecule has 2 unspecified atom stereocenters. The summed E-state index contributed by atoms with van der Waals surface area (Å²) in [5, 5.41) is 21.6. The van der Waals surface area contributed by atoms with Gasteiger partial charge in [-0.1, -0.05) is 42.5 Å². The highest BCUT2D eigenvalue weighted by molar-refractivity contribution is 6.72. The number of aryl methyl sites for hydroxylation is 1. The van der Waals surface area contributed by atoms with E-state index in [1.807, 2.05) is 55.6 Å². The molecule has 9 nitrogen and oxygen atoms in total. The summed E-state index contributed by atoms with van der Waals surface area (Å²) in [5.74, 6) is 0.600. The maximum absolute atomic E-state index is 16.0. The van der Waals surface area contributed by atoms with Crippen LogP contribution in [-0.4, -0.2) is 61.3 Å². The molecule has 4 aromatic rings. The van der Waals surface area contributed by atoms with E-state index in [1.165, 1.54) is 0 Å². The van der Waals surface area contributed by atoms with Crippen molar-refractivity contribution < 1.29 is 28.2 Å². The first-order chi connectivity index (χ1) is 21.6. The van der Waals surface area contributed by atoms with Gasteiger partial charge in [-0.05, 0) is 67.5 Å². The number of aliphatic hydroxyl groups excluding tert-OH is 1. The third-order valence-corrected chi connectivity index (χ3v) is 11.1. The lowest BCUT2D eigenvalue weighted by Crippen LogP contribution is -2.46. The molecule has 3 aromatic carbocycles. The van der Waals surface area contributed by atoms with Crippen LogP contribution in [0.5, 0.6) is 11.5 Å². The minimum Gasteiger partial charge on any atom is -0.497 e. The van der Waals surface area contributed by atoms with Crippen LogP contribution in [0.15, 0.2) is 79.0 Å². The van der Waals surface area contributed by atoms with Gasteiger partial charge >= 0.3 is 0 Å². The van der Waals surface area contributed by atoms with E-state index in [1.54, 1.807) is 62.3 Å². The fourth-order valence-corrected chi connectivity index (χ4v) is 8.18. The number of aromatic nitrogens is 3. The normalized spacial score (nSPS) is 19.2. The number of rotatable bonds is 12. The van der Waals surface area contributed by atoms with Crippen LogP contribution >= 0.6 is 0 Å². The molecule has 0 radical (unpaired) electrons. The zero-order valence-corrected chi connectivity index (χ0v) is 27.3. The molecular formula is C34H41FN4O5Si. The van der Waals surface area contributed by atoms with Gasteiger partial charge in [-0.2, -0.15) is 0 Å². The monoisotopic (exact) mass is 632 g/mol. The van der Waals surface area contributed by atoms with Gasteiger partial charge in [0, 0.05) is 48.1 Å². The molecule has 5 rings (SSSR count). The van der Waals surface area contributed by atoms with Gasteiger partial charge in [0.15, 0.2) is 0 Å². The Morgan fingerprint density at radius 3 is 2.49 bits per heavy atom. The van der Waals surface area contributed by atoms with Crippen LogP contribution in [0.2, 0.25) is 18.6 Å². The van der Waals surface area contributed by atoms with E-state index in [0.717, 1.165) is 11.1 Å². The van der Waals surface area contributed by atoms with Gasteiger partial charge in [0.2, 0.25) is 8.41 Å². The molecular weight excluding hydrogens is 591 g/mol. The number of hydrogen-bond donors (Lipinski definition) is 2. The van der Waals surface area contributed by atoms with Crippen LogP contribution in [0.4, 0.5) is 9.80 Å². The molecule has 1 amide bonds. The molecule has 0 bridgehead atoms. The second-order valence-corrected chi connectivity index (χ2v) is 15.9. The summed E-state index contributed by atoms with van der Waals surface area (Å²) in [5.41, 5.74) is 3.19. The molecule has 1 aromatic heterocycles. The predicted molar refractivity (Wildman–Crippen MR) is 173 cm³/mol. The molecule has 11 heteroatoms. The van der Waals surface area contributed by atoms with Crippen molar-refractivity contribution in [3.8, 4) is 11.5 Å². The van der Waals surface area contributed by atoms with E-state index in [-0.39, 0.29) is 36.0 Å². The number of nitrogens with zero attached hydrogens (tertiary/aromatic N) is 3. The van der Waals surface area contributed by atoms with Crippen LogP contribution < -0.4 is 14.8 Å². The molecule has 5 atom stereocenters. The summed E-state index contributed by atoms with van der Waals surface area (Å²) in [4.78, 5) is 12.9. The van der Waals surface area contributed by atoms with Crippen molar-refractivity contribution in [2.75, 3.05) is 26.1 Å². The van der Waals surface area contributed by atoms with Crippen molar-refractivity contribution in [3.05, 3.63) is 101 Å². The minimum absolute atomic E-state index is 0.0894. The third kappa shape index (κ3) is 7.27. The molecule has 0 aliphatic carbocycles. The fourth-order valence-electron chi connectivity index (χ4n) is 6.21. The molecule has 0 saturated carbocycles. The minimum atomic E-state index is -3.23. The van der Waals surface area contributed by atoms with Crippen molar-refractivity contribution in [1.82, 2.24) is 15.0 Å². The lowest BCUT2D eigenvalue weighted by molar-refractivity contribution is -0.0242. The molecule has 2 N–H and O–H groups in total. The number of amides is 1. The Labute approximate surface area is 264 Å². The zero-order chi connectivity index (χ0) is 32.1. The molecule has 238 valence electrons. The average molecular weight is 633 g/mol. The van der Waals surface area contributed by atoms with Crippen molar-refractivity contribution in [2.24, 2.45) is 5.92 Å². The highest BCUT2D eigenvalue weighted by Crippen LogP contribution is 2.48. The number of halogens is 1. The smallest absolute Gasteiger partial charge is 0.255 e. The van der Waals surface area contributed by atoms with Gasteiger partial charge in [0.25, 0.3) is 5.91 Å². The zero-order valence-electron chi connectivity index (χ0n) is 26.3. The maximum Gasteiger partial charge on any atom is 0.255 e. The first kappa shape index (κ1) is 32.3. The Hall–Kier alpha value is -4.06. The predicted octanol–water partition coefficient (Wildman–Crippen LogP) is 6.38. The van der Waals surface area contributed by atoms with E-state index in [4.69, 9.17) is 14.2 Å². The standard InChI is InChI=1S/C34H41FN4O5Si/c1-22-32(43-3)27-19-25(36-34(41)24-11-14-26(42-2)15-12-24)13-16-30(27)44-33(22)31(45(4,5)35)17-18-39-20-29(37-38-39)28(21-40)23-9-7-6-8-10-23/h6-16,19-20,22,28,31-33,40H,17-18,21H2,1-5H3,(H,36,41)/t22-,28?,31?,32-,33-/m1/s1. The number of fused-ring (bicyclic) bond motifs is 1. The topological polar surface area (TPSA) is 108 Å². The van der Waals surface area contributed by atoms with E-state index in [0.29, 0.717) is 41.4 Å². The van der Waals surface area contributed by atoms with Gasteiger partial charge in [-0.15, -0.1) is 5.10 Å². The second-order valence-electron chi connectivity index (χ2n) is 12.0. The summed E-state index contributed by atoms with van der Waals surface area (Å²) in [7, 11) is -0.0121. The Balaban J connectivity index is 1.32. The number of benzene rings is 3. The average Bonchev–Trinajstić information content (AvgIpc) is 3.50. The molecule has 0 fully saturated rings. The van der Waals surface area contributed by atoms with Crippen LogP contribution in [0, 0.1) is 5.92 Å². The van der Waals surface area contributed by atoms with Gasteiger partial charge < -0.3 is 28.7 Å². The van der Waals surface area contributed by atoms with Gasteiger partial charge in [0.1, 0.15) is 17.6 Å². The Bertz CT molecular complexity index is 1580. The number of carbonyl (C=O) groups excluding carboxylic acids is 1. The highest BCUT2D eigenvalue weighted by Gasteiger charge is 2.47. The Morgan fingerprint density at radius 1 is 1.11 bits per heavy atom. The number of anilines is 1. The van der Waals surface area contributed by atoms with Crippen LogP contribution in [0.25, 0.3) is 0 Å². The number of ether oxygens (including phenoxy) is 3. The van der Waals surface area contributed by atoms with Crippen LogP contribution in [-0.2, 0) is 11.3 Å². The number of methoxy groups -OCH3 is 2. The van der Waals surface area contributed by atoms with E-state index < -0.39 is 14.5 Å². The fraction of sp³-hybridized carbons (Fsp3) is 0.382. The van der Waals surface area contributed by atoms with Crippen molar-refractivity contribution >= 4 is 20.0 Å². The Kier molecular flexibility index (Phi) is 10.0. The summed E-state index contributed by atoms with van der Waals surface area (Å²) < 4.78 is 35.5. The molecule has 0 saturated heterocycles. The number of aliphatic hydroxyl groups is 1. The van der Waals surface area contributed by atoms with E-state index in [2.05, 4.69) is 15.6 Å². The number of carbonyl (C=O) groups is 1. The first-order valence-corrected chi connectivity index (χ1v) is 18.1. The lowest BCUT2D eigenvalue weighted by Gasteiger charge is -2.43. The van der Waals surface area contributed by atoms with E-state index in [9.17, 15) is 9.90 Å².